The summed E-state index contributed by atoms with van der Waals surface area (Å²) < 4.78 is 30.9. The Morgan fingerprint density at radius 1 is 1.17 bits per heavy atom. The van der Waals surface area contributed by atoms with Crippen LogP contribution in [0.1, 0.15) is 25.8 Å². The van der Waals surface area contributed by atoms with E-state index in [0.29, 0.717) is 12.5 Å². The van der Waals surface area contributed by atoms with Gasteiger partial charge in [0.15, 0.2) is 6.61 Å². The van der Waals surface area contributed by atoms with Crippen LogP contribution < -0.4 is 10.0 Å². The molecule has 0 fully saturated rings. The number of benzene rings is 1. The van der Waals surface area contributed by atoms with E-state index in [-0.39, 0.29) is 4.90 Å². The van der Waals surface area contributed by atoms with Crippen molar-refractivity contribution in [2.45, 2.75) is 32.1 Å². The molecule has 0 heterocycles. The average Bonchev–Trinajstić information content (AvgIpc) is 2.51. The largest absolute Gasteiger partial charge is 0.455 e. The Balaban J connectivity index is 2.35. The molecule has 0 aliphatic rings. The van der Waals surface area contributed by atoms with E-state index in [0.717, 1.165) is 12.0 Å². The lowest BCUT2D eigenvalue weighted by Gasteiger charge is -2.09. The second-order valence-corrected chi connectivity index (χ2v) is 7.60. The first-order chi connectivity index (χ1) is 11.2. The summed E-state index contributed by atoms with van der Waals surface area (Å²) in [5.41, 5.74) is 0.928. The summed E-state index contributed by atoms with van der Waals surface area (Å²) in [6.45, 7) is 5.46. The number of carbonyl (C=O) groups is 2. The van der Waals surface area contributed by atoms with Gasteiger partial charge in [-0.15, -0.1) is 0 Å². The summed E-state index contributed by atoms with van der Waals surface area (Å²) in [7, 11) is -3.79. The molecule has 0 saturated carbocycles. The van der Waals surface area contributed by atoms with Crippen LogP contribution in [0.3, 0.4) is 0 Å². The number of sulfonamides is 1. The third-order valence-electron chi connectivity index (χ3n) is 3.15. The Bertz CT molecular complexity index is 654. The average molecular weight is 356 g/mol. The topological polar surface area (TPSA) is 102 Å². The van der Waals surface area contributed by atoms with Gasteiger partial charge in [-0.05, 0) is 31.4 Å². The van der Waals surface area contributed by atoms with Gasteiger partial charge in [0.2, 0.25) is 10.0 Å². The van der Waals surface area contributed by atoms with Gasteiger partial charge < -0.3 is 10.1 Å². The molecular weight excluding hydrogens is 332 g/mol. The second kappa shape index (κ2) is 9.39. The maximum absolute atomic E-state index is 12.0. The second-order valence-electron chi connectivity index (χ2n) is 5.83. The first-order valence-corrected chi connectivity index (χ1v) is 9.17. The molecule has 1 amide bonds. The van der Waals surface area contributed by atoms with Crippen LogP contribution in [0.15, 0.2) is 29.2 Å². The molecule has 24 heavy (non-hydrogen) atoms. The van der Waals surface area contributed by atoms with E-state index in [2.05, 4.69) is 10.0 Å². The fourth-order valence-electron chi connectivity index (χ4n) is 1.70. The van der Waals surface area contributed by atoms with Gasteiger partial charge in [-0.1, -0.05) is 31.5 Å². The van der Waals surface area contributed by atoms with E-state index < -0.39 is 35.1 Å². The number of hydrogen-bond acceptors (Lipinski definition) is 5. The molecule has 0 radical (unpaired) electrons. The number of nitrogens with one attached hydrogen (secondary N) is 2. The van der Waals surface area contributed by atoms with E-state index >= 15 is 0 Å². The van der Waals surface area contributed by atoms with Crippen LogP contribution in [-0.2, 0) is 24.3 Å². The van der Waals surface area contributed by atoms with E-state index in [4.69, 9.17) is 4.74 Å². The first-order valence-electron chi connectivity index (χ1n) is 7.69. The van der Waals surface area contributed by atoms with Crippen molar-refractivity contribution in [3.63, 3.8) is 0 Å². The minimum atomic E-state index is -3.79. The van der Waals surface area contributed by atoms with Crippen molar-refractivity contribution in [2.24, 2.45) is 5.92 Å². The third-order valence-corrected chi connectivity index (χ3v) is 4.56. The lowest BCUT2D eigenvalue weighted by atomic mass is 10.1. The van der Waals surface area contributed by atoms with E-state index in [1.54, 1.807) is 12.1 Å². The smallest absolute Gasteiger partial charge is 0.321 e. The van der Waals surface area contributed by atoms with E-state index in [9.17, 15) is 18.0 Å². The van der Waals surface area contributed by atoms with Crippen LogP contribution in [0.4, 0.5) is 0 Å². The van der Waals surface area contributed by atoms with Gasteiger partial charge in [0.05, 0.1) is 4.90 Å². The summed E-state index contributed by atoms with van der Waals surface area (Å²) in [6, 6.07) is 6.22. The minimum Gasteiger partial charge on any atom is -0.455 e. The van der Waals surface area contributed by atoms with Crippen LogP contribution in [-0.4, -0.2) is 40.0 Å². The van der Waals surface area contributed by atoms with Gasteiger partial charge in [0.25, 0.3) is 5.91 Å². The number of carbonyl (C=O) groups excluding carboxylic acids is 2. The Morgan fingerprint density at radius 2 is 1.79 bits per heavy atom. The van der Waals surface area contributed by atoms with Crippen molar-refractivity contribution < 1.29 is 22.7 Å². The fraction of sp³-hybridized carbons (Fsp3) is 0.500. The molecule has 1 aromatic rings. The number of rotatable bonds is 9. The molecule has 1 rings (SSSR count). The predicted molar refractivity (Wildman–Crippen MR) is 89.8 cm³/mol. The van der Waals surface area contributed by atoms with Gasteiger partial charge in [0, 0.05) is 6.54 Å². The lowest BCUT2D eigenvalue weighted by molar-refractivity contribution is -0.147. The van der Waals surface area contributed by atoms with Crippen molar-refractivity contribution in [3.8, 4) is 0 Å². The molecule has 8 heteroatoms. The summed E-state index contributed by atoms with van der Waals surface area (Å²) in [6.07, 6.45) is 0.829. The molecule has 0 unspecified atom stereocenters. The lowest BCUT2D eigenvalue weighted by Crippen LogP contribution is -2.34. The standard InChI is InChI=1S/C16H24N2O5S/c1-12(2)8-9-17-15(19)11-23-16(20)10-18-24(21,22)14-6-4-13(3)5-7-14/h4-7,12,18H,8-11H2,1-3H3,(H,17,19). The number of amides is 1. The summed E-state index contributed by atoms with van der Waals surface area (Å²) in [5.74, 6) is -0.765. The Morgan fingerprint density at radius 3 is 2.38 bits per heavy atom. The molecule has 0 aliphatic carbocycles. The molecule has 2 N–H and O–H groups in total. The highest BCUT2D eigenvalue weighted by atomic mass is 32.2. The van der Waals surface area contributed by atoms with Crippen molar-refractivity contribution in [1.29, 1.82) is 0 Å². The first kappa shape index (κ1) is 20.1. The highest BCUT2D eigenvalue weighted by molar-refractivity contribution is 7.89. The molecule has 0 saturated heterocycles. The zero-order valence-corrected chi connectivity index (χ0v) is 15.0. The summed E-state index contributed by atoms with van der Waals surface area (Å²) in [4.78, 5) is 23.1. The molecule has 0 bridgehead atoms. The molecule has 134 valence electrons. The number of ether oxygens (including phenoxy) is 1. The normalized spacial score (nSPS) is 11.3. The van der Waals surface area contributed by atoms with Crippen LogP contribution in [0.25, 0.3) is 0 Å². The highest BCUT2D eigenvalue weighted by Crippen LogP contribution is 2.09. The minimum absolute atomic E-state index is 0.0623. The summed E-state index contributed by atoms with van der Waals surface area (Å²) >= 11 is 0. The highest BCUT2D eigenvalue weighted by Gasteiger charge is 2.16. The molecular formula is C16H24N2O5S. The van der Waals surface area contributed by atoms with Crippen LogP contribution in [0, 0.1) is 12.8 Å². The van der Waals surface area contributed by atoms with Gasteiger partial charge >= 0.3 is 5.97 Å². The molecule has 0 atom stereocenters. The van der Waals surface area contributed by atoms with Crippen LogP contribution in [0.2, 0.25) is 0 Å². The monoisotopic (exact) mass is 356 g/mol. The van der Waals surface area contributed by atoms with E-state index in [1.807, 2.05) is 20.8 Å². The molecule has 1 aromatic carbocycles. The number of hydrogen-bond donors (Lipinski definition) is 2. The molecule has 0 aliphatic heterocycles. The van der Waals surface area contributed by atoms with Crippen LogP contribution >= 0.6 is 0 Å². The fourth-order valence-corrected chi connectivity index (χ4v) is 2.67. The molecule has 0 aromatic heterocycles. The maximum Gasteiger partial charge on any atom is 0.321 e. The van der Waals surface area contributed by atoms with Gasteiger partial charge in [0.1, 0.15) is 6.54 Å². The van der Waals surface area contributed by atoms with E-state index in [1.165, 1.54) is 12.1 Å². The molecule has 0 spiro atoms. The SMILES string of the molecule is Cc1ccc(S(=O)(=O)NCC(=O)OCC(=O)NCCC(C)C)cc1. The van der Waals surface area contributed by atoms with Crippen molar-refractivity contribution in [3.05, 3.63) is 29.8 Å². The van der Waals surface area contributed by atoms with Gasteiger partial charge in [-0.3, -0.25) is 9.59 Å². The Kier molecular flexibility index (Phi) is 7.87. The third kappa shape index (κ3) is 7.56. The van der Waals surface area contributed by atoms with Crippen molar-refractivity contribution in [1.82, 2.24) is 10.0 Å². The predicted octanol–water partition coefficient (Wildman–Crippen LogP) is 0.979. The molecule has 7 nitrogen and oxygen atoms in total. The number of esters is 1. The Hall–Kier alpha value is -1.93. The Labute approximate surface area is 142 Å². The zero-order chi connectivity index (χ0) is 18.2. The van der Waals surface area contributed by atoms with Crippen molar-refractivity contribution in [2.75, 3.05) is 19.7 Å². The maximum atomic E-state index is 12.0. The zero-order valence-electron chi connectivity index (χ0n) is 14.2. The summed E-state index contributed by atoms with van der Waals surface area (Å²) in [5, 5.41) is 2.62. The van der Waals surface area contributed by atoms with Gasteiger partial charge in [-0.2, -0.15) is 4.72 Å². The van der Waals surface area contributed by atoms with Crippen molar-refractivity contribution >= 4 is 21.9 Å². The number of aryl methyl sites for hydroxylation is 1. The van der Waals surface area contributed by atoms with Gasteiger partial charge in [-0.25, -0.2) is 8.42 Å². The van der Waals surface area contributed by atoms with Crippen LogP contribution in [0.5, 0.6) is 0 Å². The quantitative estimate of drug-likeness (QED) is 0.642.